The molecule has 0 spiro atoms. The van der Waals surface area contributed by atoms with E-state index in [1.807, 2.05) is 6.07 Å². The molecule has 1 saturated heterocycles. The van der Waals surface area contributed by atoms with Gasteiger partial charge in [-0.15, -0.1) is 0 Å². The number of hydrogen-bond acceptors (Lipinski definition) is 2. The third-order valence-corrected chi connectivity index (χ3v) is 4.23. The predicted molar refractivity (Wildman–Crippen MR) is 82.7 cm³/mol. The van der Waals surface area contributed by atoms with E-state index in [1.165, 1.54) is 12.0 Å². The van der Waals surface area contributed by atoms with E-state index in [9.17, 15) is 4.79 Å². The van der Waals surface area contributed by atoms with Crippen LogP contribution in [-0.4, -0.2) is 25.0 Å². The van der Waals surface area contributed by atoms with Crippen molar-refractivity contribution in [1.82, 2.24) is 10.6 Å². The maximum atomic E-state index is 12.1. The highest BCUT2D eigenvalue weighted by molar-refractivity contribution is 5.81. The fourth-order valence-corrected chi connectivity index (χ4v) is 2.79. The highest BCUT2D eigenvalue weighted by Gasteiger charge is 2.24. The molecule has 1 fully saturated rings. The Morgan fingerprint density at radius 1 is 1.40 bits per heavy atom. The summed E-state index contributed by atoms with van der Waals surface area (Å²) in [7, 11) is 0. The van der Waals surface area contributed by atoms with Gasteiger partial charge in [-0.3, -0.25) is 4.79 Å². The molecule has 110 valence electrons. The van der Waals surface area contributed by atoms with Crippen LogP contribution in [0.5, 0.6) is 0 Å². The van der Waals surface area contributed by atoms with Gasteiger partial charge in [-0.2, -0.15) is 0 Å². The van der Waals surface area contributed by atoms with Crippen LogP contribution in [0.25, 0.3) is 0 Å². The van der Waals surface area contributed by atoms with Crippen LogP contribution in [0.4, 0.5) is 0 Å². The van der Waals surface area contributed by atoms with Crippen molar-refractivity contribution < 1.29 is 4.79 Å². The first-order chi connectivity index (χ1) is 9.66. The van der Waals surface area contributed by atoms with Crippen LogP contribution in [-0.2, 0) is 4.79 Å². The highest BCUT2D eigenvalue weighted by atomic mass is 16.2. The molecule has 2 N–H and O–H groups in total. The van der Waals surface area contributed by atoms with Crippen molar-refractivity contribution in [1.29, 1.82) is 0 Å². The van der Waals surface area contributed by atoms with Crippen LogP contribution >= 0.6 is 0 Å². The summed E-state index contributed by atoms with van der Waals surface area (Å²) in [5.41, 5.74) is 1.34. The van der Waals surface area contributed by atoms with Gasteiger partial charge in [0.15, 0.2) is 0 Å². The number of benzene rings is 1. The van der Waals surface area contributed by atoms with E-state index in [0.29, 0.717) is 11.8 Å². The Balaban J connectivity index is 1.71. The lowest BCUT2D eigenvalue weighted by molar-refractivity contribution is -0.124. The first-order valence-corrected chi connectivity index (χ1v) is 7.73. The van der Waals surface area contributed by atoms with Gasteiger partial charge in [0.2, 0.25) is 5.91 Å². The third-order valence-electron chi connectivity index (χ3n) is 4.23. The number of rotatable bonds is 5. The standard InChI is InChI=1S/C17H26N2O/c1-13-8-10-18-16(12-13)17(20)19-11-9-14(2)15-6-4-3-5-7-15/h3-7,13-14,16,18H,8-12H2,1-2H3,(H,19,20). The summed E-state index contributed by atoms with van der Waals surface area (Å²) < 4.78 is 0. The second-order valence-corrected chi connectivity index (χ2v) is 6.03. The summed E-state index contributed by atoms with van der Waals surface area (Å²) in [6, 6.07) is 10.5. The average Bonchev–Trinajstić information content (AvgIpc) is 2.48. The largest absolute Gasteiger partial charge is 0.355 e. The summed E-state index contributed by atoms with van der Waals surface area (Å²) in [4.78, 5) is 12.1. The second-order valence-electron chi connectivity index (χ2n) is 6.03. The smallest absolute Gasteiger partial charge is 0.237 e. The first kappa shape index (κ1) is 15.0. The van der Waals surface area contributed by atoms with Crippen LogP contribution in [0, 0.1) is 5.92 Å². The molecule has 1 amide bonds. The molecule has 1 aromatic rings. The molecule has 1 aliphatic rings. The zero-order valence-corrected chi connectivity index (χ0v) is 12.6. The normalized spacial score (nSPS) is 24.1. The Kier molecular flexibility index (Phi) is 5.60. The molecule has 0 aromatic heterocycles. The summed E-state index contributed by atoms with van der Waals surface area (Å²) >= 11 is 0. The monoisotopic (exact) mass is 274 g/mol. The van der Waals surface area contributed by atoms with E-state index in [2.05, 4.69) is 48.7 Å². The van der Waals surface area contributed by atoms with Gasteiger partial charge in [-0.1, -0.05) is 44.2 Å². The molecule has 3 unspecified atom stereocenters. The van der Waals surface area contributed by atoms with Gasteiger partial charge >= 0.3 is 0 Å². The van der Waals surface area contributed by atoms with Gasteiger partial charge < -0.3 is 10.6 Å². The van der Waals surface area contributed by atoms with Crippen molar-refractivity contribution >= 4 is 5.91 Å². The van der Waals surface area contributed by atoms with Crippen molar-refractivity contribution in [2.24, 2.45) is 5.92 Å². The fraction of sp³-hybridized carbons (Fsp3) is 0.588. The topological polar surface area (TPSA) is 41.1 Å². The zero-order valence-electron chi connectivity index (χ0n) is 12.6. The molecule has 0 bridgehead atoms. The molecule has 1 aliphatic heterocycles. The van der Waals surface area contributed by atoms with Gasteiger partial charge in [0.25, 0.3) is 0 Å². The Hall–Kier alpha value is -1.35. The maximum absolute atomic E-state index is 12.1. The molecule has 1 aromatic carbocycles. The Labute approximate surface area is 122 Å². The van der Waals surface area contributed by atoms with Gasteiger partial charge in [0.1, 0.15) is 0 Å². The van der Waals surface area contributed by atoms with Gasteiger partial charge in [0, 0.05) is 6.54 Å². The fourth-order valence-electron chi connectivity index (χ4n) is 2.79. The first-order valence-electron chi connectivity index (χ1n) is 7.73. The van der Waals surface area contributed by atoms with Crippen LogP contribution in [0.3, 0.4) is 0 Å². The Morgan fingerprint density at radius 3 is 2.85 bits per heavy atom. The van der Waals surface area contributed by atoms with Gasteiger partial charge in [0.05, 0.1) is 6.04 Å². The number of carbonyl (C=O) groups is 1. The van der Waals surface area contributed by atoms with E-state index in [-0.39, 0.29) is 11.9 Å². The number of carbonyl (C=O) groups excluding carboxylic acids is 1. The average molecular weight is 274 g/mol. The van der Waals surface area contributed by atoms with Crippen molar-refractivity contribution in [3.05, 3.63) is 35.9 Å². The summed E-state index contributed by atoms with van der Waals surface area (Å²) in [6.45, 7) is 6.14. The molecule has 3 nitrogen and oxygen atoms in total. The van der Waals surface area contributed by atoms with Gasteiger partial charge in [-0.25, -0.2) is 0 Å². The second kappa shape index (κ2) is 7.44. The molecule has 20 heavy (non-hydrogen) atoms. The quantitative estimate of drug-likeness (QED) is 0.867. The van der Waals surface area contributed by atoms with Crippen LogP contribution < -0.4 is 10.6 Å². The van der Waals surface area contributed by atoms with Gasteiger partial charge in [-0.05, 0) is 43.2 Å². The summed E-state index contributed by atoms with van der Waals surface area (Å²) in [5, 5.41) is 6.38. The van der Waals surface area contributed by atoms with E-state index in [4.69, 9.17) is 0 Å². The minimum Gasteiger partial charge on any atom is -0.355 e. The lowest BCUT2D eigenvalue weighted by atomic mass is 9.93. The summed E-state index contributed by atoms with van der Waals surface area (Å²) in [6.07, 6.45) is 3.12. The van der Waals surface area contributed by atoms with Crippen molar-refractivity contribution in [2.45, 2.75) is 45.1 Å². The van der Waals surface area contributed by atoms with Crippen molar-refractivity contribution in [2.75, 3.05) is 13.1 Å². The van der Waals surface area contributed by atoms with Crippen LogP contribution in [0.2, 0.25) is 0 Å². The zero-order chi connectivity index (χ0) is 14.4. The lowest BCUT2D eigenvalue weighted by Gasteiger charge is -2.27. The van der Waals surface area contributed by atoms with E-state index >= 15 is 0 Å². The molecule has 1 heterocycles. The van der Waals surface area contributed by atoms with E-state index < -0.39 is 0 Å². The Morgan fingerprint density at radius 2 is 2.15 bits per heavy atom. The minimum atomic E-state index is 0.00535. The maximum Gasteiger partial charge on any atom is 0.237 e. The van der Waals surface area contributed by atoms with Crippen LogP contribution in [0.1, 0.15) is 44.6 Å². The molecule has 2 rings (SSSR count). The van der Waals surface area contributed by atoms with Crippen LogP contribution in [0.15, 0.2) is 30.3 Å². The Bertz CT molecular complexity index is 418. The summed E-state index contributed by atoms with van der Waals surface area (Å²) in [5.74, 6) is 1.29. The highest BCUT2D eigenvalue weighted by Crippen LogP contribution is 2.18. The third kappa shape index (κ3) is 4.34. The SMILES string of the molecule is CC1CCNC(C(=O)NCCC(C)c2ccccc2)C1. The number of hydrogen-bond donors (Lipinski definition) is 2. The number of amides is 1. The lowest BCUT2D eigenvalue weighted by Crippen LogP contribution is -2.48. The number of nitrogens with one attached hydrogen (secondary N) is 2. The molecular formula is C17H26N2O. The minimum absolute atomic E-state index is 0.00535. The number of piperidine rings is 1. The molecular weight excluding hydrogens is 248 g/mol. The molecule has 0 aliphatic carbocycles. The van der Waals surface area contributed by atoms with Crippen molar-refractivity contribution in [3.8, 4) is 0 Å². The molecule has 3 atom stereocenters. The molecule has 3 heteroatoms. The predicted octanol–water partition coefficient (Wildman–Crippen LogP) is 2.68. The van der Waals surface area contributed by atoms with E-state index in [0.717, 1.165) is 25.9 Å². The van der Waals surface area contributed by atoms with E-state index in [1.54, 1.807) is 0 Å². The van der Waals surface area contributed by atoms with Crippen molar-refractivity contribution in [3.63, 3.8) is 0 Å². The molecule has 0 saturated carbocycles. The molecule has 0 radical (unpaired) electrons.